The lowest BCUT2D eigenvalue weighted by Crippen LogP contribution is -2.25. The predicted molar refractivity (Wildman–Crippen MR) is 65.3 cm³/mol. The van der Waals surface area contributed by atoms with Crippen LogP contribution in [0, 0.1) is 0 Å². The van der Waals surface area contributed by atoms with Crippen molar-refractivity contribution in [2.24, 2.45) is 0 Å². The van der Waals surface area contributed by atoms with Crippen LogP contribution in [0.3, 0.4) is 0 Å². The van der Waals surface area contributed by atoms with Crippen LogP contribution < -0.4 is 0 Å². The van der Waals surface area contributed by atoms with Crippen molar-refractivity contribution in [1.29, 1.82) is 0 Å². The summed E-state index contributed by atoms with van der Waals surface area (Å²) in [5.41, 5.74) is -0.0244. The maximum Gasteiger partial charge on any atom is 0.338 e. The van der Waals surface area contributed by atoms with Gasteiger partial charge in [-0.25, -0.2) is 4.79 Å². The average Bonchev–Trinajstić information content (AvgIpc) is 2.42. The average molecular weight is 268 g/mol. The molecule has 0 saturated carbocycles. The summed E-state index contributed by atoms with van der Waals surface area (Å²) >= 11 is 0. The molecule has 0 amide bonds. The van der Waals surface area contributed by atoms with Crippen molar-refractivity contribution in [1.82, 2.24) is 0 Å². The zero-order valence-electron chi connectivity index (χ0n) is 10.3. The smallest absolute Gasteiger partial charge is 0.338 e. The fraction of sp³-hybridized carbons (Fsp3) is 0.462. The molecule has 1 fully saturated rings. The second-order valence-electron chi connectivity index (χ2n) is 4.45. The fourth-order valence-electron chi connectivity index (χ4n) is 1.91. The standard InChI is InChI=1S/C13H16O6/c14-10-5-8(6-11(15)12(10)16)13(17)19-7-9-3-1-2-4-18-9/h5-6,9,14-16H,1-4,7H2. The molecule has 1 saturated heterocycles. The summed E-state index contributed by atoms with van der Waals surface area (Å²) in [6.45, 7) is 0.810. The van der Waals surface area contributed by atoms with Gasteiger partial charge < -0.3 is 24.8 Å². The first-order chi connectivity index (χ1) is 9.08. The molecular weight excluding hydrogens is 252 g/mol. The van der Waals surface area contributed by atoms with Crippen LogP contribution in [-0.2, 0) is 9.47 Å². The Labute approximate surface area is 110 Å². The van der Waals surface area contributed by atoms with Crippen LogP contribution in [0.2, 0.25) is 0 Å². The first kappa shape index (κ1) is 13.5. The minimum absolute atomic E-state index is 0.0244. The number of benzene rings is 1. The van der Waals surface area contributed by atoms with Crippen molar-refractivity contribution >= 4 is 5.97 Å². The van der Waals surface area contributed by atoms with Gasteiger partial charge in [0.25, 0.3) is 0 Å². The molecule has 1 aliphatic rings. The minimum atomic E-state index is -0.681. The molecule has 0 bridgehead atoms. The summed E-state index contributed by atoms with van der Waals surface area (Å²) in [6.07, 6.45) is 2.81. The Morgan fingerprint density at radius 3 is 2.53 bits per heavy atom. The van der Waals surface area contributed by atoms with E-state index in [1.807, 2.05) is 0 Å². The van der Waals surface area contributed by atoms with E-state index in [0.717, 1.165) is 31.4 Å². The second-order valence-corrected chi connectivity index (χ2v) is 4.45. The molecule has 1 unspecified atom stereocenters. The van der Waals surface area contributed by atoms with Gasteiger partial charge >= 0.3 is 5.97 Å². The zero-order valence-corrected chi connectivity index (χ0v) is 10.3. The van der Waals surface area contributed by atoms with Crippen LogP contribution in [0.4, 0.5) is 0 Å². The molecule has 2 rings (SSSR count). The molecule has 104 valence electrons. The summed E-state index contributed by atoms with van der Waals surface area (Å²) in [5, 5.41) is 27.8. The molecule has 1 atom stereocenters. The van der Waals surface area contributed by atoms with Crippen molar-refractivity contribution in [3.63, 3.8) is 0 Å². The highest BCUT2D eigenvalue weighted by atomic mass is 16.6. The monoisotopic (exact) mass is 268 g/mol. The molecule has 1 aliphatic heterocycles. The molecule has 3 N–H and O–H groups in total. The van der Waals surface area contributed by atoms with Crippen LogP contribution >= 0.6 is 0 Å². The lowest BCUT2D eigenvalue weighted by atomic mass is 10.1. The Morgan fingerprint density at radius 1 is 1.26 bits per heavy atom. The molecule has 0 radical (unpaired) electrons. The van der Waals surface area contributed by atoms with Gasteiger partial charge in [0, 0.05) is 6.61 Å². The third kappa shape index (κ3) is 3.29. The van der Waals surface area contributed by atoms with Gasteiger partial charge in [-0.05, 0) is 31.4 Å². The van der Waals surface area contributed by atoms with E-state index < -0.39 is 23.2 Å². The van der Waals surface area contributed by atoms with Gasteiger partial charge in [0.1, 0.15) is 6.61 Å². The molecule has 19 heavy (non-hydrogen) atoms. The van der Waals surface area contributed by atoms with Crippen molar-refractivity contribution < 1.29 is 29.6 Å². The molecule has 0 aromatic heterocycles. The number of esters is 1. The molecule has 6 heteroatoms. The van der Waals surface area contributed by atoms with E-state index in [0.29, 0.717) is 6.61 Å². The van der Waals surface area contributed by atoms with Gasteiger partial charge in [0.2, 0.25) is 0 Å². The predicted octanol–water partition coefficient (Wildman–Crippen LogP) is 1.53. The van der Waals surface area contributed by atoms with Gasteiger partial charge in [-0.1, -0.05) is 0 Å². The van der Waals surface area contributed by atoms with Gasteiger partial charge in [0.15, 0.2) is 17.2 Å². The highest BCUT2D eigenvalue weighted by Crippen LogP contribution is 2.35. The Balaban J connectivity index is 1.96. The number of phenolic OH excluding ortho intramolecular Hbond substituents is 3. The Morgan fingerprint density at radius 2 is 1.95 bits per heavy atom. The Kier molecular flexibility index (Phi) is 4.11. The van der Waals surface area contributed by atoms with Gasteiger partial charge in [-0.3, -0.25) is 0 Å². The van der Waals surface area contributed by atoms with Crippen molar-refractivity contribution in [2.45, 2.75) is 25.4 Å². The summed E-state index contributed by atoms with van der Waals surface area (Å²) in [7, 11) is 0. The number of ether oxygens (including phenoxy) is 2. The highest BCUT2D eigenvalue weighted by Gasteiger charge is 2.18. The Hall–Kier alpha value is -1.95. The molecule has 0 spiro atoms. The third-order valence-electron chi connectivity index (χ3n) is 2.98. The SMILES string of the molecule is O=C(OCC1CCCCO1)c1cc(O)c(O)c(O)c1. The summed E-state index contributed by atoms with van der Waals surface area (Å²) in [5.74, 6) is -2.48. The summed E-state index contributed by atoms with van der Waals surface area (Å²) < 4.78 is 10.5. The largest absolute Gasteiger partial charge is 0.504 e. The summed E-state index contributed by atoms with van der Waals surface area (Å²) in [6, 6.07) is 2.08. The number of carbonyl (C=O) groups excluding carboxylic acids is 1. The normalized spacial score (nSPS) is 19.1. The minimum Gasteiger partial charge on any atom is -0.504 e. The fourth-order valence-corrected chi connectivity index (χ4v) is 1.91. The second kappa shape index (κ2) is 5.79. The maximum absolute atomic E-state index is 11.7. The van der Waals surface area contributed by atoms with Crippen LogP contribution in [0.1, 0.15) is 29.6 Å². The van der Waals surface area contributed by atoms with Crippen LogP contribution in [0.5, 0.6) is 17.2 Å². The molecular formula is C13H16O6. The van der Waals surface area contributed by atoms with E-state index in [-0.39, 0.29) is 18.3 Å². The van der Waals surface area contributed by atoms with Gasteiger partial charge in [0.05, 0.1) is 11.7 Å². The van der Waals surface area contributed by atoms with Crippen molar-refractivity contribution in [3.05, 3.63) is 17.7 Å². The first-order valence-electron chi connectivity index (χ1n) is 6.11. The number of hydrogen-bond acceptors (Lipinski definition) is 6. The van der Waals surface area contributed by atoms with E-state index in [9.17, 15) is 20.1 Å². The lowest BCUT2D eigenvalue weighted by molar-refractivity contribution is -0.0300. The quantitative estimate of drug-likeness (QED) is 0.568. The number of phenols is 3. The molecule has 1 aromatic carbocycles. The number of hydrogen-bond donors (Lipinski definition) is 3. The van der Waals surface area contributed by atoms with Crippen molar-refractivity contribution in [3.8, 4) is 17.2 Å². The first-order valence-corrected chi connectivity index (χ1v) is 6.11. The van der Waals surface area contributed by atoms with Crippen molar-refractivity contribution in [2.75, 3.05) is 13.2 Å². The van der Waals surface area contributed by atoms with E-state index in [1.165, 1.54) is 0 Å². The number of aromatic hydroxyl groups is 3. The van der Waals surface area contributed by atoms with E-state index >= 15 is 0 Å². The molecule has 1 heterocycles. The summed E-state index contributed by atoms with van der Waals surface area (Å²) in [4.78, 5) is 11.7. The van der Waals surface area contributed by atoms with E-state index in [4.69, 9.17) is 9.47 Å². The topological polar surface area (TPSA) is 96.2 Å². The van der Waals surface area contributed by atoms with Gasteiger partial charge in [-0.2, -0.15) is 0 Å². The van der Waals surface area contributed by atoms with Crippen LogP contribution in [-0.4, -0.2) is 40.6 Å². The molecule has 6 nitrogen and oxygen atoms in total. The van der Waals surface area contributed by atoms with E-state index in [1.54, 1.807) is 0 Å². The van der Waals surface area contributed by atoms with Crippen LogP contribution in [0.15, 0.2) is 12.1 Å². The zero-order chi connectivity index (χ0) is 13.8. The molecule has 0 aliphatic carbocycles. The third-order valence-corrected chi connectivity index (χ3v) is 2.98. The lowest BCUT2D eigenvalue weighted by Gasteiger charge is -2.22. The van der Waals surface area contributed by atoms with Crippen LogP contribution in [0.25, 0.3) is 0 Å². The maximum atomic E-state index is 11.7. The number of rotatable bonds is 3. The number of carbonyl (C=O) groups is 1. The van der Waals surface area contributed by atoms with Gasteiger partial charge in [-0.15, -0.1) is 0 Å². The highest BCUT2D eigenvalue weighted by molar-refractivity contribution is 5.91. The molecule has 1 aromatic rings. The van der Waals surface area contributed by atoms with E-state index in [2.05, 4.69) is 0 Å². The Bertz CT molecular complexity index is 441.